The SMILES string of the molecule is CCCNCc1ccc(OC)c(OCC(C)C(N)=O)c1. The Morgan fingerprint density at radius 2 is 2.15 bits per heavy atom. The van der Waals surface area contributed by atoms with Gasteiger partial charge in [-0.3, -0.25) is 4.79 Å². The summed E-state index contributed by atoms with van der Waals surface area (Å²) in [7, 11) is 1.59. The number of hydrogen-bond acceptors (Lipinski definition) is 4. The second-order valence-electron chi connectivity index (χ2n) is 4.78. The molecule has 0 radical (unpaired) electrons. The van der Waals surface area contributed by atoms with E-state index in [0.29, 0.717) is 11.5 Å². The summed E-state index contributed by atoms with van der Waals surface area (Å²) < 4.78 is 10.9. The third kappa shape index (κ3) is 5.09. The van der Waals surface area contributed by atoms with Crippen molar-refractivity contribution in [2.75, 3.05) is 20.3 Å². The van der Waals surface area contributed by atoms with Gasteiger partial charge in [0.15, 0.2) is 11.5 Å². The number of nitrogens with two attached hydrogens (primary N) is 1. The fourth-order valence-corrected chi connectivity index (χ4v) is 1.65. The van der Waals surface area contributed by atoms with Gasteiger partial charge in [-0.15, -0.1) is 0 Å². The number of hydrogen-bond donors (Lipinski definition) is 2. The van der Waals surface area contributed by atoms with Crippen LogP contribution in [0.25, 0.3) is 0 Å². The fraction of sp³-hybridized carbons (Fsp3) is 0.533. The van der Waals surface area contributed by atoms with Crippen LogP contribution >= 0.6 is 0 Å². The molecule has 1 unspecified atom stereocenters. The standard InChI is InChI=1S/C15H24N2O3/c1-4-7-17-9-12-5-6-13(19-3)14(8-12)20-10-11(2)15(16)18/h5-6,8,11,17H,4,7,9-10H2,1-3H3,(H2,16,18). The number of ether oxygens (including phenoxy) is 2. The quantitative estimate of drug-likeness (QED) is 0.675. The molecule has 5 heteroatoms. The molecule has 0 bridgehead atoms. The smallest absolute Gasteiger partial charge is 0.223 e. The van der Waals surface area contributed by atoms with E-state index in [9.17, 15) is 4.79 Å². The highest BCUT2D eigenvalue weighted by molar-refractivity contribution is 5.76. The van der Waals surface area contributed by atoms with Crippen LogP contribution in [0.15, 0.2) is 18.2 Å². The van der Waals surface area contributed by atoms with Crippen LogP contribution in [0, 0.1) is 5.92 Å². The van der Waals surface area contributed by atoms with Crippen LogP contribution in [0.3, 0.4) is 0 Å². The van der Waals surface area contributed by atoms with Crippen LogP contribution in [-0.2, 0) is 11.3 Å². The van der Waals surface area contributed by atoms with Gasteiger partial charge < -0.3 is 20.5 Å². The maximum atomic E-state index is 11.0. The van der Waals surface area contributed by atoms with Crippen LogP contribution in [0.5, 0.6) is 11.5 Å². The van der Waals surface area contributed by atoms with Gasteiger partial charge in [-0.05, 0) is 30.7 Å². The molecule has 1 amide bonds. The Morgan fingerprint density at radius 1 is 1.40 bits per heavy atom. The largest absolute Gasteiger partial charge is 0.493 e. The summed E-state index contributed by atoms with van der Waals surface area (Å²) in [6.07, 6.45) is 1.09. The van der Waals surface area contributed by atoms with Crippen molar-refractivity contribution in [1.82, 2.24) is 5.32 Å². The average Bonchev–Trinajstić information content (AvgIpc) is 2.45. The first-order chi connectivity index (χ1) is 9.58. The minimum atomic E-state index is -0.371. The molecule has 1 rings (SSSR count). The molecule has 0 aliphatic carbocycles. The molecular weight excluding hydrogens is 256 g/mol. The minimum Gasteiger partial charge on any atom is -0.493 e. The highest BCUT2D eigenvalue weighted by atomic mass is 16.5. The van der Waals surface area contributed by atoms with Crippen molar-refractivity contribution < 1.29 is 14.3 Å². The van der Waals surface area contributed by atoms with E-state index in [2.05, 4.69) is 12.2 Å². The maximum Gasteiger partial charge on any atom is 0.223 e. The van der Waals surface area contributed by atoms with Gasteiger partial charge in [0, 0.05) is 6.54 Å². The van der Waals surface area contributed by atoms with Crippen molar-refractivity contribution in [1.29, 1.82) is 0 Å². The summed E-state index contributed by atoms with van der Waals surface area (Å²) in [5, 5.41) is 3.33. The van der Waals surface area contributed by atoms with E-state index in [1.807, 2.05) is 18.2 Å². The second-order valence-corrected chi connectivity index (χ2v) is 4.78. The topological polar surface area (TPSA) is 73.6 Å². The number of amides is 1. The van der Waals surface area contributed by atoms with E-state index < -0.39 is 0 Å². The van der Waals surface area contributed by atoms with E-state index in [1.54, 1.807) is 14.0 Å². The van der Waals surface area contributed by atoms with Crippen LogP contribution < -0.4 is 20.5 Å². The fourth-order valence-electron chi connectivity index (χ4n) is 1.65. The number of rotatable bonds is 9. The predicted molar refractivity (Wildman–Crippen MR) is 78.8 cm³/mol. The zero-order valence-electron chi connectivity index (χ0n) is 12.4. The van der Waals surface area contributed by atoms with Crippen molar-refractivity contribution in [3.8, 4) is 11.5 Å². The van der Waals surface area contributed by atoms with Gasteiger partial charge in [0.2, 0.25) is 5.91 Å². The Bertz CT molecular complexity index is 435. The lowest BCUT2D eigenvalue weighted by molar-refractivity contribution is -0.122. The number of methoxy groups -OCH3 is 1. The third-order valence-electron chi connectivity index (χ3n) is 2.96. The molecule has 0 heterocycles. The van der Waals surface area contributed by atoms with E-state index in [1.165, 1.54) is 0 Å². The Balaban J connectivity index is 2.70. The number of nitrogens with one attached hydrogen (secondary N) is 1. The third-order valence-corrected chi connectivity index (χ3v) is 2.96. The molecule has 1 aromatic rings. The molecule has 0 aliphatic heterocycles. The number of benzene rings is 1. The molecular formula is C15H24N2O3. The number of carbonyl (C=O) groups excluding carboxylic acids is 1. The Hall–Kier alpha value is -1.75. The van der Waals surface area contributed by atoms with Crippen molar-refractivity contribution in [2.24, 2.45) is 11.7 Å². The van der Waals surface area contributed by atoms with Gasteiger partial charge in [0.25, 0.3) is 0 Å². The molecule has 0 aromatic heterocycles. The first kappa shape index (κ1) is 16.3. The van der Waals surface area contributed by atoms with Crippen molar-refractivity contribution in [2.45, 2.75) is 26.8 Å². The Morgan fingerprint density at radius 3 is 2.75 bits per heavy atom. The zero-order valence-corrected chi connectivity index (χ0v) is 12.4. The van der Waals surface area contributed by atoms with Crippen LogP contribution in [0.1, 0.15) is 25.8 Å². The molecule has 0 aliphatic rings. The lowest BCUT2D eigenvalue weighted by atomic mass is 10.2. The highest BCUT2D eigenvalue weighted by Crippen LogP contribution is 2.28. The maximum absolute atomic E-state index is 11.0. The summed E-state index contributed by atoms with van der Waals surface area (Å²) in [6.45, 7) is 5.86. The minimum absolute atomic E-state index is 0.248. The van der Waals surface area contributed by atoms with E-state index in [4.69, 9.17) is 15.2 Å². The van der Waals surface area contributed by atoms with E-state index in [0.717, 1.165) is 25.1 Å². The first-order valence-electron chi connectivity index (χ1n) is 6.88. The summed E-state index contributed by atoms with van der Waals surface area (Å²) in [4.78, 5) is 11.0. The van der Waals surface area contributed by atoms with Gasteiger partial charge in [-0.2, -0.15) is 0 Å². The van der Waals surface area contributed by atoms with E-state index >= 15 is 0 Å². The molecule has 1 aromatic carbocycles. The summed E-state index contributed by atoms with van der Waals surface area (Å²) in [6, 6.07) is 5.79. The monoisotopic (exact) mass is 280 g/mol. The molecule has 0 fully saturated rings. The van der Waals surface area contributed by atoms with Crippen molar-refractivity contribution in [3.05, 3.63) is 23.8 Å². The number of primary amides is 1. The molecule has 0 saturated heterocycles. The van der Waals surface area contributed by atoms with Crippen molar-refractivity contribution >= 4 is 5.91 Å². The van der Waals surface area contributed by atoms with Gasteiger partial charge in [-0.1, -0.05) is 19.9 Å². The summed E-state index contributed by atoms with van der Waals surface area (Å²) in [5.74, 6) is 0.587. The second kappa shape index (κ2) is 8.43. The Labute approximate surface area is 120 Å². The van der Waals surface area contributed by atoms with Crippen molar-refractivity contribution in [3.63, 3.8) is 0 Å². The lowest BCUT2D eigenvalue weighted by Crippen LogP contribution is -2.25. The normalized spacial score (nSPS) is 11.9. The molecule has 3 N–H and O–H groups in total. The van der Waals surface area contributed by atoms with Crippen LogP contribution in [0.4, 0.5) is 0 Å². The van der Waals surface area contributed by atoms with Gasteiger partial charge >= 0.3 is 0 Å². The van der Waals surface area contributed by atoms with Crippen LogP contribution in [-0.4, -0.2) is 26.2 Å². The average molecular weight is 280 g/mol. The molecule has 5 nitrogen and oxygen atoms in total. The Kier molecular flexibility index (Phi) is 6.87. The van der Waals surface area contributed by atoms with Gasteiger partial charge in [0.1, 0.15) is 0 Å². The zero-order chi connectivity index (χ0) is 15.0. The molecule has 0 spiro atoms. The van der Waals surface area contributed by atoms with E-state index in [-0.39, 0.29) is 18.4 Å². The number of carbonyl (C=O) groups is 1. The molecule has 0 saturated carbocycles. The first-order valence-corrected chi connectivity index (χ1v) is 6.88. The molecule has 1 atom stereocenters. The van der Waals surface area contributed by atoms with Gasteiger partial charge in [-0.25, -0.2) is 0 Å². The highest BCUT2D eigenvalue weighted by Gasteiger charge is 2.12. The van der Waals surface area contributed by atoms with Gasteiger partial charge in [0.05, 0.1) is 19.6 Å². The lowest BCUT2D eigenvalue weighted by Gasteiger charge is -2.14. The molecule has 20 heavy (non-hydrogen) atoms. The van der Waals surface area contributed by atoms with Crippen LogP contribution in [0.2, 0.25) is 0 Å². The summed E-state index contributed by atoms with van der Waals surface area (Å²) in [5.41, 5.74) is 6.33. The predicted octanol–water partition coefficient (Wildman–Crippen LogP) is 1.69. The summed E-state index contributed by atoms with van der Waals surface area (Å²) >= 11 is 0. The molecule has 112 valence electrons.